The minimum atomic E-state index is -0.177. The van der Waals surface area contributed by atoms with Crippen molar-refractivity contribution in [2.45, 2.75) is 12.5 Å². The molecule has 19 heavy (non-hydrogen) atoms. The molecular weight excluding hydrogens is 413 g/mol. The van der Waals surface area contributed by atoms with Crippen LogP contribution in [0.4, 0.5) is 0 Å². The van der Waals surface area contributed by atoms with Gasteiger partial charge in [0.1, 0.15) is 0 Å². The number of hydrogen-bond donors (Lipinski definition) is 1. The van der Waals surface area contributed by atoms with Crippen LogP contribution in [0, 0.1) is 0 Å². The minimum absolute atomic E-state index is 0.177. The molecule has 1 atom stereocenters. The average molecular weight is 424 g/mol. The van der Waals surface area contributed by atoms with Crippen LogP contribution in [0.1, 0.15) is 17.2 Å². The largest absolute Gasteiger partial charge is 0.324 e. The second-order valence-electron chi connectivity index (χ2n) is 4.18. The average Bonchev–Trinajstić information content (AvgIpc) is 2.37. The third-order valence-corrected chi connectivity index (χ3v) is 4.77. The van der Waals surface area contributed by atoms with Gasteiger partial charge in [-0.1, -0.05) is 61.1 Å². The first kappa shape index (κ1) is 15.3. The van der Waals surface area contributed by atoms with Gasteiger partial charge in [0, 0.05) is 25.0 Å². The minimum Gasteiger partial charge on any atom is -0.324 e. The van der Waals surface area contributed by atoms with Crippen molar-refractivity contribution in [1.82, 2.24) is 0 Å². The van der Waals surface area contributed by atoms with Gasteiger partial charge in [0.2, 0.25) is 0 Å². The summed E-state index contributed by atoms with van der Waals surface area (Å²) in [5.41, 5.74) is 8.17. The van der Waals surface area contributed by atoms with Crippen LogP contribution in [-0.4, -0.2) is 0 Å². The molecule has 0 aliphatic heterocycles. The first-order valence-corrected chi connectivity index (χ1v) is 7.96. The molecule has 100 valence electrons. The highest BCUT2D eigenvalue weighted by Gasteiger charge is 2.15. The number of benzene rings is 2. The van der Waals surface area contributed by atoms with Gasteiger partial charge >= 0.3 is 0 Å². The third-order valence-electron chi connectivity index (χ3n) is 2.84. The van der Waals surface area contributed by atoms with Gasteiger partial charge in [-0.25, -0.2) is 0 Å². The number of hydrogen-bond acceptors (Lipinski definition) is 1. The lowest BCUT2D eigenvalue weighted by Crippen LogP contribution is -2.14. The van der Waals surface area contributed by atoms with Gasteiger partial charge in [0.15, 0.2) is 0 Å². The normalized spacial score (nSPS) is 12.5. The third kappa shape index (κ3) is 3.73. The number of rotatable bonds is 3. The highest BCUT2D eigenvalue weighted by Crippen LogP contribution is 2.32. The lowest BCUT2D eigenvalue weighted by molar-refractivity contribution is 0.718. The van der Waals surface area contributed by atoms with Crippen molar-refractivity contribution < 1.29 is 0 Å². The van der Waals surface area contributed by atoms with Gasteiger partial charge in [0.25, 0.3) is 0 Å². The van der Waals surface area contributed by atoms with Crippen molar-refractivity contribution in [3.05, 3.63) is 66.5 Å². The van der Waals surface area contributed by atoms with Crippen molar-refractivity contribution >= 4 is 55.1 Å². The van der Waals surface area contributed by atoms with Gasteiger partial charge in [-0.2, -0.15) is 0 Å². The monoisotopic (exact) mass is 421 g/mol. The van der Waals surface area contributed by atoms with E-state index in [1.165, 1.54) is 0 Å². The lowest BCUT2D eigenvalue weighted by atomic mass is 9.99. The molecule has 0 saturated carbocycles. The van der Waals surface area contributed by atoms with Gasteiger partial charge in [-0.3, -0.25) is 0 Å². The van der Waals surface area contributed by atoms with E-state index in [9.17, 15) is 0 Å². The predicted octanol–water partition coefficient (Wildman–Crippen LogP) is 5.76. The predicted molar refractivity (Wildman–Crippen MR) is 88.9 cm³/mol. The Labute approximate surface area is 139 Å². The summed E-state index contributed by atoms with van der Waals surface area (Å²) in [5.74, 6) is 0. The summed E-state index contributed by atoms with van der Waals surface area (Å²) in [6.45, 7) is 0. The molecule has 2 aromatic carbocycles. The fraction of sp³-hybridized carbons (Fsp3) is 0.143. The molecule has 1 unspecified atom stereocenters. The molecule has 0 radical (unpaired) electrons. The Bertz CT molecular complexity index is 582. The van der Waals surface area contributed by atoms with Crippen LogP contribution in [0.2, 0.25) is 10.0 Å². The van der Waals surface area contributed by atoms with E-state index < -0.39 is 0 Å². The van der Waals surface area contributed by atoms with Crippen LogP contribution in [0.25, 0.3) is 0 Å². The number of nitrogens with two attached hydrogens (primary N) is 1. The van der Waals surface area contributed by atoms with Crippen molar-refractivity contribution in [2.24, 2.45) is 5.73 Å². The highest BCUT2D eigenvalue weighted by molar-refractivity contribution is 9.11. The van der Waals surface area contributed by atoms with Crippen molar-refractivity contribution in [2.75, 3.05) is 0 Å². The van der Waals surface area contributed by atoms with Crippen molar-refractivity contribution in [3.8, 4) is 0 Å². The molecule has 2 rings (SSSR count). The molecule has 5 heteroatoms. The molecule has 0 saturated heterocycles. The maximum absolute atomic E-state index is 6.27. The van der Waals surface area contributed by atoms with Gasteiger partial charge < -0.3 is 5.73 Å². The molecule has 0 aliphatic rings. The zero-order valence-electron chi connectivity index (χ0n) is 9.84. The summed E-state index contributed by atoms with van der Waals surface area (Å²) < 4.78 is 1.97. The molecular formula is C14H11Br2Cl2N. The summed E-state index contributed by atoms with van der Waals surface area (Å²) >= 11 is 19.3. The second kappa shape index (κ2) is 6.59. The van der Waals surface area contributed by atoms with Crippen LogP contribution >= 0.6 is 55.1 Å². The Balaban J connectivity index is 2.31. The summed E-state index contributed by atoms with van der Waals surface area (Å²) in [6.07, 6.45) is 0.591. The maximum Gasteiger partial charge on any atom is 0.0453 e. The fourth-order valence-corrected chi connectivity index (χ4v) is 3.33. The van der Waals surface area contributed by atoms with Gasteiger partial charge in [-0.15, -0.1) is 0 Å². The van der Waals surface area contributed by atoms with Crippen LogP contribution in [0.3, 0.4) is 0 Å². The van der Waals surface area contributed by atoms with Crippen LogP contribution in [-0.2, 0) is 6.42 Å². The number of halogens is 4. The molecule has 2 aromatic rings. The molecule has 2 N–H and O–H groups in total. The zero-order chi connectivity index (χ0) is 14.0. The quantitative estimate of drug-likeness (QED) is 0.667. The van der Waals surface area contributed by atoms with E-state index in [0.717, 1.165) is 20.1 Å². The Kier molecular flexibility index (Phi) is 5.32. The van der Waals surface area contributed by atoms with E-state index in [0.29, 0.717) is 16.5 Å². The van der Waals surface area contributed by atoms with E-state index >= 15 is 0 Å². The lowest BCUT2D eigenvalue weighted by Gasteiger charge is -2.16. The van der Waals surface area contributed by atoms with Gasteiger partial charge in [0.05, 0.1) is 0 Å². The SMILES string of the molecule is NC(Cc1c(Cl)cccc1Cl)c1cc(Br)ccc1Br. The summed E-state index contributed by atoms with van der Waals surface area (Å²) in [5, 5.41) is 1.29. The van der Waals surface area contributed by atoms with Crippen LogP contribution in [0.5, 0.6) is 0 Å². The maximum atomic E-state index is 6.27. The molecule has 1 nitrogen and oxygen atoms in total. The molecule has 0 heterocycles. The molecule has 0 amide bonds. The van der Waals surface area contributed by atoms with E-state index in [2.05, 4.69) is 31.9 Å². The van der Waals surface area contributed by atoms with Crippen molar-refractivity contribution in [1.29, 1.82) is 0 Å². The molecule has 0 bridgehead atoms. The smallest absolute Gasteiger partial charge is 0.0453 e. The first-order valence-electron chi connectivity index (χ1n) is 5.62. The zero-order valence-corrected chi connectivity index (χ0v) is 14.5. The molecule has 0 fully saturated rings. The van der Waals surface area contributed by atoms with E-state index in [1.54, 1.807) is 0 Å². The van der Waals surface area contributed by atoms with Gasteiger partial charge in [-0.05, 0) is 47.9 Å². The Morgan fingerprint density at radius 2 is 1.68 bits per heavy atom. The highest BCUT2D eigenvalue weighted by atomic mass is 79.9. The first-order chi connectivity index (χ1) is 8.99. The van der Waals surface area contributed by atoms with E-state index in [-0.39, 0.29) is 6.04 Å². The van der Waals surface area contributed by atoms with E-state index in [1.807, 2.05) is 36.4 Å². The summed E-state index contributed by atoms with van der Waals surface area (Å²) in [7, 11) is 0. The van der Waals surface area contributed by atoms with Crippen molar-refractivity contribution in [3.63, 3.8) is 0 Å². The second-order valence-corrected chi connectivity index (χ2v) is 6.76. The summed E-state index contributed by atoms with van der Waals surface area (Å²) in [4.78, 5) is 0. The Hall–Kier alpha value is -0.0600. The fourth-order valence-electron chi connectivity index (χ4n) is 1.86. The Morgan fingerprint density at radius 1 is 1.05 bits per heavy atom. The standard InChI is InChI=1S/C14H11Br2Cl2N/c15-8-4-5-11(16)9(6-8)14(19)7-10-12(17)2-1-3-13(10)18/h1-6,14H,7,19H2. The Morgan fingerprint density at radius 3 is 2.32 bits per heavy atom. The molecule has 0 aliphatic carbocycles. The molecule has 0 aromatic heterocycles. The van der Waals surface area contributed by atoms with Crippen LogP contribution in [0.15, 0.2) is 45.3 Å². The summed E-state index contributed by atoms with van der Waals surface area (Å²) in [6, 6.07) is 11.2. The van der Waals surface area contributed by atoms with E-state index in [4.69, 9.17) is 28.9 Å². The van der Waals surface area contributed by atoms with Crippen LogP contribution < -0.4 is 5.73 Å². The topological polar surface area (TPSA) is 26.0 Å². The molecule has 0 spiro atoms.